The first kappa shape index (κ1) is 10.7. The third kappa shape index (κ3) is 2.25. The Hall–Kier alpha value is -0.780. The Labute approximate surface area is 96.5 Å². The summed E-state index contributed by atoms with van der Waals surface area (Å²) in [5.41, 5.74) is 2.03. The molecule has 0 bridgehead atoms. The van der Waals surface area contributed by atoms with E-state index in [0.717, 1.165) is 26.3 Å². The maximum Gasteiger partial charge on any atom is 0.0955 e. The SMILES string of the molecule is Cc1nc(C)c(-c2csc(CCO)n2)s1. The van der Waals surface area contributed by atoms with E-state index in [1.54, 1.807) is 22.7 Å². The second-order valence-corrected chi connectivity index (χ2v) is 5.39. The molecule has 2 heterocycles. The van der Waals surface area contributed by atoms with Crippen LogP contribution in [0, 0.1) is 13.8 Å². The standard InChI is InChI=1S/C10H12N2OS2/c1-6-10(15-7(2)11-6)8-5-14-9(12-8)3-4-13/h5,13H,3-4H2,1-2H3. The molecule has 0 saturated heterocycles. The molecule has 0 fully saturated rings. The quantitative estimate of drug-likeness (QED) is 0.896. The highest BCUT2D eigenvalue weighted by atomic mass is 32.1. The van der Waals surface area contributed by atoms with E-state index in [4.69, 9.17) is 5.11 Å². The van der Waals surface area contributed by atoms with Crippen LogP contribution in [0.4, 0.5) is 0 Å². The Bertz CT molecular complexity index is 462. The van der Waals surface area contributed by atoms with Gasteiger partial charge in [0.25, 0.3) is 0 Å². The molecule has 15 heavy (non-hydrogen) atoms. The van der Waals surface area contributed by atoms with Crippen molar-refractivity contribution >= 4 is 22.7 Å². The molecule has 0 amide bonds. The number of rotatable bonds is 3. The average molecular weight is 240 g/mol. The zero-order chi connectivity index (χ0) is 10.8. The van der Waals surface area contributed by atoms with E-state index in [2.05, 4.69) is 9.97 Å². The molecule has 0 aliphatic rings. The molecule has 1 N–H and O–H groups in total. The summed E-state index contributed by atoms with van der Waals surface area (Å²) in [6, 6.07) is 0. The minimum atomic E-state index is 0.160. The number of nitrogens with zero attached hydrogens (tertiary/aromatic N) is 2. The molecule has 0 aromatic carbocycles. The summed E-state index contributed by atoms with van der Waals surface area (Å²) in [4.78, 5) is 10.00. The van der Waals surface area contributed by atoms with Crippen molar-refractivity contribution in [1.82, 2.24) is 9.97 Å². The molecular formula is C10H12N2OS2. The van der Waals surface area contributed by atoms with Gasteiger partial charge < -0.3 is 5.11 Å². The van der Waals surface area contributed by atoms with Crippen LogP contribution in [0.5, 0.6) is 0 Å². The first-order valence-corrected chi connectivity index (χ1v) is 6.40. The molecule has 2 aromatic rings. The fourth-order valence-electron chi connectivity index (χ4n) is 1.39. The Balaban J connectivity index is 2.32. The number of aliphatic hydroxyl groups is 1. The lowest BCUT2D eigenvalue weighted by Gasteiger charge is -1.91. The van der Waals surface area contributed by atoms with Crippen LogP contribution in [-0.4, -0.2) is 21.7 Å². The van der Waals surface area contributed by atoms with Crippen molar-refractivity contribution in [2.45, 2.75) is 20.3 Å². The molecule has 0 aliphatic heterocycles. The molecule has 3 nitrogen and oxygen atoms in total. The summed E-state index contributed by atoms with van der Waals surface area (Å²) < 4.78 is 0. The number of aryl methyl sites for hydroxylation is 2. The summed E-state index contributed by atoms with van der Waals surface area (Å²) in [5.74, 6) is 0. The monoisotopic (exact) mass is 240 g/mol. The smallest absolute Gasteiger partial charge is 0.0955 e. The van der Waals surface area contributed by atoms with Crippen LogP contribution in [-0.2, 0) is 6.42 Å². The van der Waals surface area contributed by atoms with Gasteiger partial charge in [0.15, 0.2) is 0 Å². The summed E-state index contributed by atoms with van der Waals surface area (Å²) in [6.45, 7) is 4.17. The Morgan fingerprint density at radius 3 is 2.73 bits per heavy atom. The van der Waals surface area contributed by atoms with Crippen LogP contribution in [0.25, 0.3) is 10.6 Å². The molecule has 2 aromatic heterocycles. The predicted molar refractivity (Wildman–Crippen MR) is 63.5 cm³/mol. The maximum atomic E-state index is 8.82. The van der Waals surface area contributed by atoms with Crippen LogP contribution in [0.15, 0.2) is 5.38 Å². The largest absolute Gasteiger partial charge is 0.396 e. The first-order chi connectivity index (χ1) is 7.20. The summed E-state index contributed by atoms with van der Waals surface area (Å²) >= 11 is 3.26. The van der Waals surface area contributed by atoms with Gasteiger partial charge in [0.1, 0.15) is 0 Å². The second kappa shape index (κ2) is 4.38. The second-order valence-electron chi connectivity index (χ2n) is 3.25. The molecule has 2 rings (SSSR count). The predicted octanol–water partition coefficient (Wildman–Crippen LogP) is 2.42. The van der Waals surface area contributed by atoms with E-state index in [1.165, 1.54) is 0 Å². The molecule has 5 heteroatoms. The number of aromatic nitrogens is 2. The van der Waals surface area contributed by atoms with Gasteiger partial charge >= 0.3 is 0 Å². The molecule has 0 radical (unpaired) electrons. The van der Waals surface area contributed by atoms with Crippen LogP contribution < -0.4 is 0 Å². The van der Waals surface area contributed by atoms with Crippen LogP contribution in [0.3, 0.4) is 0 Å². The van der Waals surface area contributed by atoms with E-state index in [-0.39, 0.29) is 6.61 Å². The van der Waals surface area contributed by atoms with Gasteiger partial charge in [-0.25, -0.2) is 9.97 Å². The molecule has 80 valence electrons. The molecule has 0 unspecified atom stereocenters. The number of hydrogen-bond acceptors (Lipinski definition) is 5. The van der Waals surface area contributed by atoms with Crippen molar-refractivity contribution in [3.8, 4) is 10.6 Å². The van der Waals surface area contributed by atoms with Crippen LogP contribution >= 0.6 is 22.7 Å². The summed E-state index contributed by atoms with van der Waals surface area (Å²) in [7, 11) is 0. The molecule has 0 spiro atoms. The van der Waals surface area contributed by atoms with Crippen molar-refractivity contribution in [3.05, 3.63) is 21.1 Å². The van der Waals surface area contributed by atoms with E-state index >= 15 is 0 Å². The minimum absolute atomic E-state index is 0.160. The van der Waals surface area contributed by atoms with E-state index in [9.17, 15) is 0 Å². The number of thiazole rings is 2. The van der Waals surface area contributed by atoms with E-state index in [1.807, 2.05) is 19.2 Å². The normalized spacial score (nSPS) is 10.9. The van der Waals surface area contributed by atoms with Gasteiger partial charge in [-0.15, -0.1) is 22.7 Å². The lowest BCUT2D eigenvalue weighted by molar-refractivity contribution is 0.299. The van der Waals surface area contributed by atoms with Gasteiger partial charge in [-0.2, -0.15) is 0 Å². The Morgan fingerprint density at radius 2 is 2.13 bits per heavy atom. The lowest BCUT2D eigenvalue weighted by Crippen LogP contribution is -1.88. The van der Waals surface area contributed by atoms with Gasteiger partial charge in [0.2, 0.25) is 0 Å². The summed E-state index contributed by atoms with van der Waals surface area (Å²) in [6.07, 6.45) is 0.640. The van der Waals surface area contributed by atoms with Gasteiger partial charge in [-0.05, 0) is 13.8 Å². The zero-order valence-corrected chi connectivity index (χ0v) is 10.3. The number of hydrogen-bond donors (Lipinski definition) is 1. The Kier molecular flexibility index (Phi) is 3.14. The van der Waals surface area contributed by atoms with E-state index < -0.39 is 0 Å². The molecular weight excluding hydrogens is 228 g/mol. The third-order valence-electron chi connectivity index (χ3n) is 2.01. The topological polar surface area (TPSA) is 46.0 Å². The minimum Gasteiger partial charge on any atom is -0.396 e. The molecule has 0 saturated carbocycles. The fraction of sp³-hybridized carbons (Fsp3) is 0.400. The highest BCUT2D eigenvalue weighted by Gasteiger charge is 2.10. The van der Waals surface area contributed by atoms with Crippen molar-refractivity contribution < 1.29 is 5.11 Å². The third-order valence-corrected chi connectivity index (χ3v) is 4.02. The lowest BCUT2D eigenvalue weighted by atomic mass is 10.3. The van der Waals surface area contributed by atoms with Gasteiger partial charge in [0.05, 0.1) is 26.3 Å². The molecule has 0 atom stereocenters. The highest BCUT2D eigenvalue weighted by Crippen LogP contribution is 2.30. The van der Waals surface area contributed by atoms with Crippen molar-refractivity contribution in [2.75, 3.05) is 6.61 Å². The molecule has 0 aliphatic carbocycles. The van der Waals surface area contributed by atoms with E-state index in [0.29, 0.717) is 6.42 Å². The first-order valence-electron chi connectivity index (χ1n) is 4.70. The van der Waals surface area contributed by atoms with Crippen molar-refractivity contribution in [3.63, 3.8) is 0 Å². The van der Waals surface area contributed by atoms with Crippen LogP contribution in [0.2, 0.25) is 0 Å². The van der Waals surface area contributed by atoms with Gasteiger partial charge in [-0.3, -0.25) is 0 Å². The summed E-state index contributed by atoms with van der Waals surface area (Å²) in [5, 5.41) is 12.9. The Morgan fingerprint density at radius 1 is 1.33 bits per heavy atom. The van der Waals surface area contributed by atoms with Crippen molar-refractivity contribution in [2.24, 2.45) is 0 Å². The highest BCUT2D eigenvalue weighted by molar-refractivity contribution is 7.15. The number of aliphatic hydroxyl groups excluding tert-OH is 1. The van der Waals surface area contributed by atoms with Crippen molar-refractivity contribution in [1.29, 1.82) is 0 Å². The zero-order valence-electron chi connectivity index (χ0n) is 8.65. The fourth-order valence-corrected chi connectivity index (χ4v) is 3.13. The average Bonchev–Trinajstić information content (AvgIpc) is 2.73. The van der Waals surface area contributed by atoms with Gasteiger partial charge in [-0.1, -0.05) is 0 Å². The van der Waals surface area contributed by atoms with Crippen LogP contribution in [0.1, 0.15) is 15.7 Å². The maximum absolute atomic E-state index is 8.82. The van der Waals surface area contributed by atoms with Gasteiger partial charge in [0, 0.05) is 18.4 Å².